The van der Waals surface area contributed by atoms with Crippen LogP contribution in [0.3, 0.4) is 0 Å². The van der Waals surface area contributed by atoms with Crippen molar-refractivity contribution in [1.82, 2.24) is 19.5 Å². The van der Waals surface area contributed by atoms with Gasteiger partial charge in [-0.3, -0.25) is 9.78 Å². The molecule has 0 saturated heterocycles. The molecule has 0 aliphatic carbocycles. The van der Waals surface area contributed by atoms with E-state index in [4.69, 9.17) is 0 Å². The topological polar surface area (TPSA) is 72.7 Å². The molecule has 30 heavy (non-hydrogen) atoms. The molecule has 0 unspecified atom stereocenters. The van der Waals surface area contributed by atoms with E-state index in [1.165, 1.54) is 0 Å². The summed E-state index contributed by atoms with van der Waals surface area (Å²) in [6.07, 6.45) is 3.54. The predicted molar refractivity (Wildman–Crippen MR) is 118 cm³/mol. The summed E-state index contributed by atoms with van der Waals surface area (Å²) in [5.74, 6) is 1.42. The van der Waals surface area contributed by atoms with Gasteiger partial charge in [0.05, 0.1) is 6.54 Å². The third kappa shape index (κ3) is 4.43. The molecule has 0 fully saturated rings. The monoisotopic (exact) mass is 397 g/mol. The lowest BCUT2D eigenvalue weighted by Crippen LogP contribution is -2.18. The van der Waals surface area contributed by atoms with Crippen molar-refractivity contribution < 1.29 is 0 Å². The van der Waals surface area contributed by atoms with Crippen molar-refractivity contribution in [1.29, 1.82) is 0 Å². The van der Waals surface area contributed by atoms with Crippen molar-refractivity contribution in [3.05, 3.63) is 106 Å². The summed E-state index contributed by atoms with van der Waals surface area (Å²) in [7, 11) is 0. The van der Waals surface area contributed by atoms with Crippen molar-refractivity contribution in [3.63, 3.8) is 0 Å². The Morgan fingerprint density at radius 2 is 1.67 bits per heavy atom. The highest BCUT2D eigenvalue weighted by Gasteiger charge is 2.10. The maximum atomic E-state index is 11.9. The molecule has 6 heteroatoms. The van der Waals surface area contributed by atoms with Gasteiger partial charge in [0, 0.05) is 36.3 Å². The molecule has 0 amide bonds. The van der Waals surface area contributed by atoms with E-state index in [1.807, 2.05) is 50.2 Å². The van der Waals surface area contributed by atoms with Gasteiger partial charge >= 0.3 is 0 Å². The van der Waals surface area contributed by atoms with Crippen LogP contribution in [0.25, 0.3) is 11.5 Å². The fourth-order valence-electron chi connectivity index (χ4n) is 3.15. The molecule has 3 heterocycles. The summed E-state index contributed by atoms with van der Waals surface area (Å²) in [4.78, 5) is 25.5. The molecule has 0 spiro atoms. The van der Waals surface area contributed by atoms with Crippen LogP contribution in [0.2, 0.25) is 0 Å². The summed E-state index contributed by atoms with van der Waals surface area (Å²) in [5, 5.41) is 3.42. The highest BCUT2D eigenvalue weighted by Crippen LogP contribution is 2.21. The number of hydrogen-bond acceptors (Lipinski definition) is 5. The van der Waals surface area contributed by atoms with E-state index in [2.05, 4.69) is 32.4 Å². The Balaban J connectivity index is 1.48. The smallest absolute Gasteiger partial charge is 0.250 e. The molecule has 150 valence electrons. The number of nitrogens with zero attached hydrogens (tertiary/aromatic N) is 4. The second-order valence-electron chi connectivity index (χ2n) is 7.16. The van der Waals surface area contributed by atoms with Crippen molar-refractivity contribution >= 4 is 5.82 Å². The Morgan fingerprint density at radius 1 is 0.900 bits per heavy atom. The molecule has 0 aliphatic heterocycles. The van der Waals surface area contributed by atoms with Crippen molar-refractivity contribution in [2.24, 2.45) is 0 Å². The summed E-state index contributed by atoms with van der Waals surface area (Å²) in [6.45, 7) is 5.20. The lowest BCUT2D eigenvalue weighted by Gasteiger charge is -2.13. The average Bonchev–Trinajstić information content (AvgIpc) is 2.78. The summed E-state index contributed by atoms with van der Waals surface area (Å²) >= 11 is 0. The minimum atomic E-state index is 0.00144. The van der Waals surface area contributed by atoms with E-state index in [1.54, 1.807) is 29.1 Å². The van der Waals surface area contributed by atoms with Gasteiger partial charge in [-0.2, -0.15) is 0 Å². The number of hydrogen-bond donors (Lipinski definition) is 1. The Bertz CT molecular complexity index is 1200. The number of benzene rings is 1. The zero-order chi connectivity index (χ0) is 20.9. The molecule has 0 atom stereocenters. The zero-order valence-electron chi connectivity index (χ0n) is 17.0. The molecule has 0 aliphatic rings. The van der Waals surface area contributed by atoms with Crippen LogP contribution in [0.4, 0.5) is 5.82 Å². The first-order valence-electron chi connectivity index (χ1n) is 9.84. The molecular weight excluding hydrogens is 374 g/mol. The van der Waals surface area contributed by atoms with Gasteiger partial charge in [0.1, 0.15) is 11.5 Å². The fraction of sp³-hybridized carbons (Fsp3) is 0.167. The highest BCUT2D eigenvalue weighted by atomic mass is 16.1. The first-order valence-corrected chi connectivity index (χ1v) is 9.84. The minimum Gasteiger partial charge on any atom is -0.366 e. The number of aromatic nitrogens is 4. The SMILES string of the molecule is Cc1nc(-c2ccccn2)nc(NCc2ccc(Cn3ccccc3=O)cc2)c1C. The summed E-state index contributed by atoms with van der Waals surface area (Å²) < 4.78 is 1.69. The molecule has 3 aromatic heterocycles. The van der Waals surface area contributed by atoms with Gasteiger partial charge in [-0.05, 0) is 43.2 Å². The van der Waals surface area contributed by atoms with Crippen LogP contribution in [0.1, 0.15) is 22.4 Å². The number of rotatable bonds is 6. The van der Waals surface area contributed by atoms with Crippen LogP contribution in [0.5, 0.6) is 0 Å². The number of aryl methyl sites for hydroxylation is 1. The van der Waals surface area contributed by atoms with E-state index in [-0.39, 0.29) is 5.56 Å². The number of pyridine rings is 2. The minimum absolute atomic E-state index is 0.00144. The maximum Gasteiger partial charge on any atom is 0.250 e. The van der Waals surface area contributed by atoms with E-state index in [0.717, 1.165) is 33.9 Å². The highest BCUT2D eigenvalue weighted by molar-refractivity contribution is 5.56. The summed E-state index contributed by atoms with van der Waals surface area (Å²) in [5.41, 5.74) is 4.92. The molecule has 0 saturated carbocycles. The van der Waals surface area contributed by atoms with Crippen molar-refractivity contribution in [2.45, 2.75) is 26.9 Å². The quantitative estimate of drug-likeness (QED) is 0.533. The van der Waals surface area contributed by atoms with Crippen molar-refractivity contribution in [2.75, 3.05) is 5.32 Å². The molecule has 0 radical (unpaired) electrons. The van der Waals surface area contributed by atoms with Crippen LogP contribution in [0, 0.1) is 13.8 Å². The lowest BCUT2D eigenvalue weighted by atomic mass is 10.1. The standard InChI is InChI=1S/C24H23N5O/c1-17-18(2)27-24(21-7-3-5-13-25-21)28-23(17)26-15-19-9-11-20(12-10-19)16-29-14-6-4-8-22(29)30/h3-14H,15-16H2,1-2H3,(H,26,27,28). The molecular formula is C24H23N5O. The van der Waals surface area contributed by atoms with Gasteiger partial charge in [-0.25, -0.2) is 9.97 Å². The predicted octanol–water partition coefficient (Wildman–Crippen LogP) is 3.98. The zero-order valence-corrected chi connectivity index (χ0v) is 17.0. The van der Waals surface area contributed by atoms with Crippen LogP contribution in [-0.2, 0) is 13.1 Å². The first-order chi connectivity index (χ1) is 14.6. The molecule has 4 aromatic rings. The van der Waals surface area contributed by atoms with Gasteiger partial charge < -0.3 is 9.88 Å². The second-order valence-corrected chi connectivity index (χ2v) is 7.16. The first kappa shape index (κ1) is 19.5. The van der Waals surface area contributed by atoms with E-state index in [0.29, 0.717) is 18.9 Å². The molecule has 1 N–H and O–H groups in total. The normalized spacial score (nSPS) is 10.7. The summed E-state index contributed by atoms with van der Waals surface area (Å²) in [6, 6.07) is 19.1. The third-order valence-electron chi connectivity index (χ3n) is 5.02. The molecule has 4 rings (SSSR count). The van der Waals surface area contributed by atoms with Crippen LogP contribution < -0.4 is 10.9 Å². The fourth-order valence-corrected chi connectivity index (χ4v) is 3.15. The van der Waals surface area contributed by atoms with Gasteiger partial charge in [0.25, 0.3) is 5.56 Å². The maximum absolute atomic E-state index is 11.9. The van der Waals surface area contributed by atoms with Crippen LogP contribution >= 0.6 is 0 Å². The third-order valence-corrected chi connectivity index (χ3v) is 5.02. The Labute approximate surface area is 175 Å². The number of nitrogens with one attached hydrogen (secondary N) is 1. The van der Waals surface area contributed by atoms with Crippen molar-refractivity contribution in [3.8, 4) is 11.5 Å². The van der Waals surface area contributed by atoms with Crippen LogP contribution in [0.15, 0.2) is 77.9 Å². The number of anilines is 1. The van der Waals surface area contributed by atoms with E-state index in [9.17, 15) is 4.79 Å². The largest absolute Gasteiger partial charge is 0.366 e. The average molecular weight is 397 g/mol. The molecule has 6 nitrogen and oxygen atoms in total. The Kier molecular flexibility index (Phi) is 5.66. The van der Waals surface area contributed by atoms with Crippen LogP contribution in [-0.4, -0.2) is 19.5 Å². The lowest BCUT2D eigenvalue weighted by molar-refractivity contribution is 0.759. The molecule has 1 aromatic carbocycles. The van der Waals surface area contributed by atoms with E-state index < -0.39 is 0 Å². The Hall–Kier alpha value is -3.80. The van der Waals surface area contributed by atoms with Gasteiger partial charge in [0.15, 0.2) is 5.82 Å². The van der Waals surface area contributed by atoms with Gasteiger partial charge in [0.2, 0.25) is 0 Å². The second kappa shape index (κ2) is 8.69. The molecule has 0 bridgehead atoms. The Morgan fingerprint density at radius 3 is 2.40 bits per heavy atom. The van der Waals surface area contributed by atoms with Gasteiger partial charge in [-0.15, -0.1) is 0 Å². The van der Waals surface area contributed by atoms with E-state index >= 15 is 0 Å². The van der Waals surface area contributed by atoms with Gasteiger partial charge in [-0.1, -0.05) is 36.4 Å².